The van der Waals surface area contributed by atoms with E-state index in [1.807, 2.05) is 0 Å². The summed E-state index contributed by atoms with van der Waals surface area (Å²) in [6, 6.07) is 0. The average Bonchev–Trinajstić information content (AvgIpc) is 3.12. The number of rotatable bonds is 2. The predicted molar refractivity (Wildman–Crippen MR) is 62.6 cm³/mol. The summed E-state index contributed by atoms with van der Waals surface area (Å²) in [7, 11) is 0. The van der Waals surface area contributed by atoms with Gasteiger partial charge in [-0.1, -0.05) is 17.3 Å². The molecule has 0 radical (unpaired) electrons. The van der Waals surface area contributed by atoms with E-state index in [0.717, 1.165) is 12.3 Å². The van der Waals surface area contributed by atoms with Gasteiger partial charge in [-0.25, -0.2) is 4.98 Å². The smallest absolute Gasteiger partial charge is 0.230 e. The molecular weight excluding hydrogens is 230 g/mol. The van der Waals surface area contributed by atoms with Gasteiger partial charge in [0.15, 0.2) is 5.89 Å². The van der Waals surface area contributed by atoms with Crippen molar-refractivity contribution in [3.05, 3.63) is 30.2 Å². The average molecular weight is 243 g/mol. The molecule has 0 N–H and O–H groups in total. The summed E-state index contributed by atoms with van der Waals surface area (Å²) in [5, 5.41) is 4.00. The number of hydrogen-bond donors (Lipinski definition) is 0. The number of aromatic nitrogens is 3. The van der Waals surface area contributed by atoms with Crippen LogP contribution in [-0.2, 0) is 0 Å². The van der Waals surface area contributed by atoms with Crippen molar-refractivity contribution < 1.29 is 8.94 Å². The van der Waals surface area contributed by atoms with Gasteiger partial charge in [0, 0.05) is 12.8 Å². The summed E-state index contributed by atoms with van der Waals surface area (Å²) < 4.78 is 10.5. The molecule has 1 saturated carbocycles. The summed E-state index contributed by atoms with van der Waals surface area (Å²) in [6.45, 7) is 1.80. The van der Waals surface area contributed by atoms with Crippen LogP contribution in [0.2, 0.25) is 0 Å². The van der Waals surface area contributed by atoms with Crippen molar-refractivity contribution in [2.45, 2.75) is 25.7 Å². The standard InChI is InChI=1S/C13H13N3O2/c1-7-14-11(6-17-7)12-15-13(18-16-12)10-5-8-2-3-9(10)4-8/h2-3,6,8-10H,4-5H2,1H3. The van der Waals surface area contributed by atoms with Crippen molar-refractivity contribution in [2.24, 2.45) is 11.8 Å². The van der Waals surface area contributed by atoms with Gasteiger partial charge < -0.3 is 8.94 Å². The first kappa shape index (κ1) is 10.1. The third-order valence-corrected chi connectivity index (χ3v) is 3.89. The number of allylic oxidation sites excluding steroid dienone is 2. The largest absolute Gasteiger partial charge is 0.449 e. The van der Waals surface area contributed by atoms with Crippen LogP contribution in [-0.4, -0.2) is 15.1 Å². The summed E-state index contributed by atoms with van der Waals surface area (Å²) in [6.07, 6.45) is 8.50. The summed E-state index contributed by atoms with van der Waals surface area (Å²) in [5.41, 5.74) is 0.640. The van der Waals surface area contributed by atoms with E-state index in [1.54, 1.807) is 13.2 Å². The molecular formula is C13H13N3O2. The maximum absolute atomic E-state index is 5.39. The van der Waals surface area contributed by atoms with E-state index < -0.39 is 0 Å². The minimum Gasteiger partial charge on any atom is -0.449 e. The third kappa shape index (κ3) is 1.43. The summed E-state index contributed by atoms with van der Waals surface area (Å²) in [4.78, 5) is 8.66. The molecule has 2 aromatic rings. The fourth-order valence-corrected chi connectivity index (χ4v) is 3.02. The van der Waals surface area contributed by atoms with Crippen molar-refractivity contribution in [3.63, 3.8) is 0 Å². The Morgan fingerprint density at radius 1 is 1.22 bits per heavy atom. The molecule has 0 saturated heterocycles. The second-order valence-electron chi connectivity index (χ2n) is 5.09. The van der Waals surface area contributed by atoms with E-state index in [-0.39, 0.29) is 0 Å². The maximum atomic E-state index is 5.39. The van der Waals surface area contributed by atoms with Crippen LogP contribution in [0.5, 0.6) is 0 Å². The van der Waals surface area contributed by atoms with Gasteiger partial charge in [0.2, 0.25) is 11.7 Å². The number of hydrogen-bond acceptors (Lipinski definition) is 5. The van der Waals surface area contributed by atoms with Gasteiger partial charge in [0.1, 0.15) is 12.0 Å². The molecule has 3 atom stereocenters. The Morgan fingerprint density at radius 2 is 2.17 bits per heavy atom. The fraction of sp³-hybridized carbons (Fsp3) is 0.462. The minimum absolute atomic E-state index is 0.384. The maximum Gasteiger partial charge on any atom is 0.230 e. The highest BCUT2D eigenvalue weighted by atomic mass is 16.5. The van der Waals surface area contributed by atoms with Crippen LogP contribution in [0.1, 0.15) is 30.5 Å². The van der Waals surface area contributed by atoms with Crippen molar-refractivity contribution in [1.82, 2.24) is 15.1 Å². The van der Waals surface area contributed by atoms with Gasteiger partial charge in [-0.2, -0.15) is 4.98 Å². The summed E-state index contributed by atoms with van der Waals surface area (Å²) in [5.74, 6) is 3.52. The highest BCUT2D eigenvalue weighted by molar-refractivity contribution is 5.45. The molecule has 0 aliphatic heterocycles. The lowest BCUT2D eigenvalue weighted by Gasteiger charge is -2.12. The SMILES string of the molecule is Cc1nc(-c2noc(C3CC4C=CC3C4)n2)co1. The molecule has 5 nitrogen and oxygen atoms in total. The van der Waals surface area contributed by atoms with Crippen LogP contribution in [0.25, 0.3) is 11.5 Å². The lowest BCUT2D eigenvalue weighted by molar-refractivity contribution is 0.337. The first-order valence-electron chi connectivity index (χ1n) is 6.24. The van der Waals surface area contributed by atoms with Crippen LogP contribution < -0.4 is 0 Å². The van der Waals surface area contributed by atoms with Gasteiger partial charge in [-0.15, -0.1) is 0 Å². The Bertz CT molecular complexity index is 613. The van der Waals surface area contributed by atoms with Crippen LogP contribution in [0.15, 0.2) is 27.4 Å². The molecule has 1 fully saturated rings. The van der Waals surface area contributed by atoms with Crippen molar-refractivity contribution in [2.75, 3.05) is 0 Å². The minimum atomic E-state index is 0.384. The molecule has 4 rings (SSSR count). The first-order chi connectivity index (χ1) is 8.79. The Kier molecular flexibility index (Phi) is 1.98. The van der Waals surface area contributed by atoms with E-state index >= 15 is 0 Å². The second-order valence-corrected chi connectivity index (χ2v) is 5.09. The van der Waals surface area contributed by atoms with Crippen LogP contribution in [0, 0.1) is 18.8 Å². The molecule has 5 heteroatoms. The van der Waals surface area contributed by atoms with E-state index in [0.29, 0.717) is 35.2 Å². The fourth-order valence-electron chi connectivity index (χ4n) is 3.02. The van der Waals surface area contributed by atoms with Crippen LogP contribution in [0.4, 0.5) is 0 Å². The zero-order valence-electron chi connectivity index (χ0n) is 10.0. The Hall–Kier alpha value is -1.91. The third-order valence-electron chi connectivity index (χ3n) is 3.89. The molecule has 2 aliphatic carbocycles. The van der Waals surface area contributed by atoms with Gasteiger partial charge in [0.25, 0.3) is 0 Å². The van der Waals surface area contributed by atoms with Crippen molar-refractivity contribution >= 4 is 0 Å². The van der Waals surface area contributed by atoms with Gasteiger partial charge in [0.05, 0.1) is 0 Å². The highest BCUT2D eigenvalue weighted by Crippen LogP contribution is 2.48. The number of nitrogens with zero attached hydrogens (tertiary/aromatic N) is 3. The zero-order valence-corrected chi connectivity index (χ0v) is 10.0. The molecule has 0 spiro atoms. The quantitative estimate of drug-likeness (QED) is 0.759. The van der Waals surface area contributed by atoms with Gasteiger partial charge >= 0.3 is 0 Å². The predicted octanol–water partition coefficient (Wildman–Crippen LogP) is 2.71. The lowest BCUT2D eigenvalue weighted by atomic mass is 9.94. The molecule has 18 heavy (non-hydrogen) atoms. The van der Waals surface area contributed by atoms with E-state index in [2.05, 4.69) is 27.3 Å². The first-order valence-corrected chi connectivity index (χ1v) is 6.24. The molecule has 2 heterocycles. The number of oxazole rings is 1. The van der Waals surface area contributed by atoms with Crippen LogP contribution >= 0.6 is 0 Å². The molecule has 2 aromatic heterocycles. The topological polar surface area (TPSA) is 65.0 Å². The molecule has 2 aliphatic rings. The van der Waals surface area contributed by atoms with E-state index in [4.69, 9.17) is 8.94 Å². The van der Waals surface area contributed by atoms with Crippen LogP contribution in [0.3, 0.4) is 0 Å². The molecule has 92 valence electrons. The molecule has 2 bridgehead atoms. The van der Waals surface area contributed by atoms with Gasteiger partial charge in [-0.3, -0.25) is 0 Å². The van der Waals surface area contributed by atoms with Gasteiger partial charge in [-0.05, 0) is 24.7 Å². The summed E-state index contributed by atoms with van der Waals surface area (Å²) >= 11 is 0. The van der Waals surface area contributed by atoms with Crippen molar-refractivity contribution in [1.29, 1.82) is 0 Å². The van der Waals surface area contributed by atoms with E-state index in [9.17, 15) is 0 Å². The Morgan fingerprint density at radius 3 is 2.83 bits per heavy atom. The normalized spacial score (nSPS) is 29.3. The number of aryl methyl sites for hydroxylation is 1. The molecule has 3 unspecified atom stereocenters. The Balaban J connectivity index is 1.64. The monoisotopic (exact) mass is 243 g/mol. The Labute approximate surface area is 104 Å². The number of fused-ring (bicyclic) bond motifs is 2. The molecule has 0 aromatic carbocycles. The second kappa shape index (κ2) is 3.54. The van der Waals surface area contributed by atoms with Crippen molar-refractivity contribution in [3.8, 4) is 11.5 Å². The lowest BCUT2D eigenvalue weighted by Crippen LogP contribution is -2.05. The molecule has 0 amide bonds. The van der Waals surface area contributed by atoms with E-state index in [1.165, 1.54) is 6.42 Å². The highest BCUT2D eigenvalue weighted by Gasteiger charge is 2.39. The zero-order chi connectivity index (χ0) is 12.1.